The molecule has 6 N–H and O–H groups in total. The Kier molecular flexibility index (Phi) is 41.9. The van der Waals surface area contributed by atoms with Crippen LogP contribution >= 0.6 is 7.82 Å². The molecule has 0 radical (unpaired) electrons. The fraction of sp³-hybridized carbons (Fsp3) is 0.764. The van der Waals surface area contributed by atoms with Gasteiger partial charge in [0.1, 0.15) is 42.7 Å². The summed E-state index contributed by atoms with van der Waals surface area (Å²) >= 11 is 0. The monoisotopic (exact) mass is 981 g/mol. The maximum Gasteiger partial charge on any atom is 0.472 e. The van der Waals surface area contributed by atoms with Gasteiger partial charge in [0.05, 0.1) is 13.2 Å². The number of unbranched alkanes of at least 4 members (excludes halogenated alkanes) is 21. The summed E-state index contributed by atoms with van der Waals surface area (Å²) in [5, 5.41) is 50.4. The predicted octanol–water partition coefficient (Wildman–Crippen LogP) is 12.3. The maximum absolute atomic E-state index is 12.9. The third kappa shape index (κ3) is 35.8. The van der Waals surface area contributed by atoms with Gasteiger partial charge in [-0.25, -0.2) is 4.57 Å². The van der Waals surface area contributed by atoms with Crippen LogP contribution in [0.3, 0.4) is 0 Å². The summed E-state index contributed by atoms with van der Waals surface area (Å²) < 4.78 is 34.3. The highest BCUT2D eigenvalue weighted by molar-refractivity contribution is 7.47. The molecule has 13 heteroatoms. The van der Waals surface area contributed by atoms with Gasteiger partial charge >= 0.3 is 13.8 Å². The van der Waals surface area contributed by atoms with Gasteiger partial charge in [-0.05, 0) is 83.5 Å². The van der Waals surface area contributed by atoms with E-state index in [2.05, 4.69) is 86.8 Å². The normalized spacial score (nSPS) is 21.7. The van der Waals surface area contributed by atoms with Crippen molar-refractivity contribution < 1.29 is 58.3 Å². The van der Waals surface area contributed by atoms with E-state index >= 15 is 0 Å². The largest absolute Gasteiger partial charge is 0.472 e. The zero-order chi connectivity index (χ0) is 49.8. The van der Waals surface area contributed by atoms with E-state index in [0.29, 0.717) is 13.0 Å². The van der Waals surface area contributed by atoms with Crippen molar-refractivity contribution in [2.45, 2.75) is 249 Å². The van der Waals surface area contributed by atoms with Crippen molar-refractivity contribution in [1.29, 1.82) is 0 Å². The lowest BCUT2D eigenvalue weighted by molar-refractivity contribution is -0.220. The molecule has 1 aliphatic rings. The Bertz CT molecular complexity index is 1400. The summed E-state index contributed by atoms with van der Waals surface area (Å²) in [6.45, 7) is 4.12. The number of allylic oxidation sites excluding steroid dienone is 12. The average molecular weight is 981 g/mol. The molecule has 0 bridgehead atoms. The summed E-state index contributed by atoms with van der Waals surface area (Å²) in [4.78, 5) is 23.3. The molecule has 0 spiro atoms. The van der Waals surface area contributed by atoms with Crippen LogP contribution in [0.4, 0.5) is 0 Å². The first-order valence-corrected chi connectivity index (χ1v) is 28.3. The molecule has 0 aromatic heterocycles. The van der Waals surface area contributed by atoms with Gasteiger partial charge in [-0.1, -0.05) is 189 Å². The number of phosphoric ester groups is 1. The summed E-state index contributed by atoms with van der Waals surface area (Å²) in [6.07, 6.45) is 46.7. The number of esters is 1. The first kappa shape index (κ1) is 63.8. The van der Waals surface area contributed by atoms with Crippen molar-refractivity contribution in [1.82, 2.24) is 0 Å². The Morgan fingerprint density at radius 3 is 1.32 bits per heavy atom. The van der Waals surface area contributed by atoms with Crippen LogP contribution in [-0.2, 0) is 27.9 Å². The number of carbonyl (C=O) groups is 1. The van der Waals surface area contributed by atoms with Crippen molar-refractivity contribution in [3.63, 3.8) is 0 Å². The number of aliphatic hydroxyl groups excluding tert-OH is 5. The number of aliphatic hydroxyl groups is 5. The molecular formula is C55H97O12P. The highest BCUT2D eigenvalue weighted by Crippen LogP contribution is 2.47. The molecule has 0 saturated heterocycles. The molecule has 6 unspecified atom stereocenters. The van der Waals surface area contributed by atoms with E-state index < -0.39 is 63.1 Å². The number of phosphoric acid groups is 1. The molecule has 68 heavy (non-hydrogen) atoms. The van der Waals surface area contributed by atoms with Gasteiger partial charge in [-0.3, -0.25) is 13.8 Å². The lowest BCUT2D eigenvalue weighted by Crippen LogP contribution is -2.64. The van der Waals surface area contributed by atoms with Gasteiger partial charge in [-0.2, -0.15) is 0 Å². The number of rotatable bonds is 45. The van der Waals surface area contributed by atoms with Gasteiger partial charge < -0.3 is 39.9 Å². The fourth-order valence-corrected chi connectivity index (χ4v) is 8.82. The second-order valence-electron chi connectivity index (χ2n) is 18.3. The number of hydrogen-bond donors (Lipinski definition) is 6. The first-order valence-electron chi connectivity index (χ1n) is 26.8. The van der Waals surface area contributed by atoms with Crippen molar-refractivity contribution in [3.05, 3.63) is 72.9 Å². The Labute approximate surface area is 412 Å². The van der Waals surface area contributed by atoms with Crippen LogP contribution in [0.25, 0.3) is 0 Å². The Balaban J connectivity index is 2.33. The summed E-state index contributed by atoms with van der Waals surface area (Å²) in [7, 11) is -5.03. The molecule has 1 saturated carbocycles. The van der Waals surface area contributed by atoms with Crippen LogP contribution in [0.2, 0.25) is 0 Å². The molecule has 1 fully saturated rings. The third-order valence-corrected chi connectivity index (χ3v) is 13.0. The van der Waals surface area contributed by atoms with Crippen molar-refractivity contribution in [2.75, 3.05) is 19.8 Å². The van der Waals surface area contributed by atoms with Crippen molar-refractivity contribution >= 4 is 13.8 Å². The first-order chi connectivity index (χ1) is 33.0. The Morgan fingerprint density at radius 2 is 0.868 bits per heavy atom. The minimum atomic E-state index is -5.03. The van der Waals surface area contributed by atoms with Gasteiger partial charge in [0.15, 0.2) is 0 Å². The SMILES string of the molecule is CC/C=C\C/C=C\C/C=C\C/C=C\CCCCCCCCCCC(=O)OC(COCCCCCCCCCCCC/C=C\C/C=C\CCCCC)COP(=O)(O)OC1C(O)C(O)C(O)C(O)C1O. The number of hydrogen-bond acceptors (Lipinski definition) is 11. The highest BCUT2D eigenvalue weighted by atomic mass is 31.2. The molecular weight excluding hydrogens is 884 g/mol. The molecule has 0 heterocycles. The fourth-order valence-electron chi connectivity index (χ4n) is 7.85. The second-order valence-corrected chi connectivity index (χ2v) is 19.7. The van der Waals surface area contributed by atoms with E-state index in [0.717, 1.165) is 89.9 Å². The lowest BCUT2D eigenvalue weighted by Gasteiger charge is -2.41. The molecule has 0 aromatic rings. The van der Waals surface area contributed by atoms with Crippen LogP contribution in [-0.4, -0.2) is 98.9 Å². The van der Waals surface area contributed by atoms with E-state index in [1.165, 1.54) is 89.9 Å². The average Bonchev–Trinajstić information content (AvgIpc) is 3.32. The van der Waals surface area contributed by atoms with Crippen LogP contribution in [0, 0.1) is 0 Å². The number of carbonyl (C=O) groups excluding carboxylic acids is 1. The van der Waals surface area contributed by atoms with Crippen molar-refractivity contribution in [2.24, 2.45) is 0 Å². The molecule has 12 nitrogen and oxygen atoms in total. The maximum atomic E-state index is 12.9. The molecule has 6 atom stereocenters. The van der Waals surface area contributed by atoms with Crippen LogP contribution in [0.5, 0.6) is 0 Å². The Morgan fingerprint density at radius 1 is 0.485 bits per heavy atom. The minimum absolute atomic E-state index is 0.0850. The standard InChI is InChI=1S/C55H97O12P/c1-3-5-7-9-11-13-15-17-19-21-23-25-26-28-30-32-34-36-38-40-42-44-49(56)66-48(47-65-68(62,63)67-55-53(60)51(58)50(57)52(59)54(55)61)46-64-45-43-41-39-37-35-33-31-29-27-24-22-20-18-16-14-12-10-8-6-4-2/h5,7,11-14,17-20,23,25,48,50-55,57-61H,3-4,6,8-10,15-16,21-22,24,26-47H2,1-2H3,(H,62,63)/b7-5-,13-11-,14-12-,19-17-,20-18-,25-23-. The van der Waals surface area contributed by atoms with Gasteiger partial charge in [0.2, 0.25) is 0 Å². The minimum Gasteiger partial charge on any atom is -0.457 e. The smallest absolute Gasteiger partial charge is 0.457 e. The second kappa shape index (κ2) is 44.7. The molecule has 0 amide bonds. The topological polar surface area (TPSA) is 192 Å². The molecule has 0 aromatic carbocycles. The van der Waals surface area contributed by atoms with Crippen LogP contribution < -0.4 is 0 Å². The zero-order valence-corrected chi connectivity index (χ0v) is 43.3. The summed E-state index contributed by atoms with van der Waals surface area (Å²) in [5.41, 5.74) is 0. The summed E-state index contributed by atoms with van der Waals surface area (Å²) in [5.74, 6) is -0.488. The van der Waals surface area contributed by atoms with Crippen molar-refractivity contribution in [3.8, 4) is 0 Å². The molecule has 0 aliphatic heterocycles. The van der Waals surface area contributed by atoms with Gasteiger partial charge in [0, 0.05) is 13.0 Å². The van der Waals surface area contributed by atoms with E-state index in [9.17, 15) is 39.8 Å². The van der Waals surface area contributed by atoms with Gasteiger partial charge in [0.25, 0.3) is 0 Å². The quantitative estimate of drug-likeness (QED) is 0.0147. The zero-order valence-electron chi connectivity index (χ0n) is 42.4. The summed E-state index contributed by atoms with van der Waals surface area (Å²) in [6, 6.07) is 0. The van der Waals surface area contributed by atoms with E-state index in [1.54, 1.807) is 0 Å². The van der Waals surface area contributed by atoms with E-state index in [-0.39, 0.29) is 13.0 Å². The Hall–Kier alpha value is -2.22. The number of ether oxygens (including phenoxy) is 2. The van der Waals surface area contributed by atoms with E-state index in [4.69, 9.17) is 18.5 Å². The predicted molar refractivity (Wildman–Crippen MR) is 276 cm³/mol. The highest BCUT2D eigenvalue weighted by Gasteiger charge is 2.51. The van der Waals surface area contributed by atoms with Gasteiger partial charge in [-0.15, -0.1) is 0 Å². The molecule has 1 rings (SSSR count). The lowest BCUT2D eigenvalue weighted by atomic mass is 9.85. The molecule has 1 aliphatic carbocycles. The third-order valence-electron chi connectivity index (χ3n) is 12.1. The van der Waals surface area contributed by atoms with E-state index in [1.807, 2.05) is 0 Å². The van der Waals surface area contributed by atoms with Crippen LogP contribution in [0.1, 0.15) is 206 Å². The van der Waals surface area contributed by atoms with Crippen LogP contribution in [0.15, 0.2) is 72.9 Å². The molecule has 394 valence electrons.